The Kier molecular flexibility index (Phi) is 9.99. The number of piperidine rings is 1. The number of amides is 2. The smallest absolute Gasteiger partial charge is 0.410 e. The first kappa shape index (κ1) is 32.2. The van der Waals surface area contributed by atoms with Crippen molar-refractivity contribution in [3.63, 3.8) is 0 Å². The molecule has 10 nitrogen and oxygen atoms in total. The molecule has 12 heteroatoms. The number of carbonyl (C=O) groups is 3. The van der Waals surface area contributed by atoms with Crippen molar-refractivity contribution in [3.05, 3.63) is 29.6 Å². The molecule has 2 amide bonds. The minimum absolute atomic E-state index is 0.00511. The van der Waals surface area contributed by atoms with Gasteiger partial charge < -0.3 is 28.9 Å². The lowest BCUT2D eigenvalue weighted by Gasteiger charge is -2.46. The molecule has 1 fully saturated rings. The van der Waals surface area contributed by atoms with Gasteiger partial charge in [-0.3, -0.25) is 9.59 Å². The highest BCUT2D eigenvalue weighted by Gasteiger charge is 2.47. The van der Waals surface area contributed by atoms with Crippen molar-refractivity contribution in [2.75, 3.05) is 33.4 Å². The molecule has 0 unspecified atom stereocenters. The molecule has 1 aromatic carbocycles. The number of unbranched alkanes of at least 4 members (excludes halogenated alkanes) is 1. The second kappa shape index (κ2) is 12.7. The standard InChI is InChI=1S/C29H42F2N4O6/c1-18(2)15-35(19-14-29(6,26(37)38)17-33(16-19)27(39)41-28(3,4)5)25(36)24-32-22-12-20(30)21(31)13-23(22)34(24)10-8-9-11-40-7/h12-13,18-19H,8-11,14-17H2,1-7H3,(H,37,38)/t19-,29+/m0/s1. The molecule has 0 saturated carbocycles. The van der Waals surface area contributed by atoms with Crippen LogP contribution in [0.3, 0.4) is 0 Å². The summed E-state index contributed by atoms with van der Waals surface area (Å²) in [7, 11) is 1.58. The number of fused-ring (bicyclic) bond motifs is 1. The highest BCUT2D eigenvalue weighted by molar-refractivity contribution is 5.95. The van der Waals surface area contributed by atoms with Gasteiger partial charge in [0.05, 0.1) is 22.5 Å². The number of halogens is 2. The van der Waals surface area contributed by atoms with Gasteiger partial charge in [0.25, 0.3) is 5.91 Å². The van der Waals surface area contributed by atoms with Crippen LogP contribution in [0.2, 0.25) is 0 Å². The summed E-state index contributed by atoms with van der Waals surface area (Å²) >= 11 is 0. The number of methoxy groups -OCH3 is 1. The Bertz CT molecular complexity index is 1270. The summed E-state index contributed by atoms with van der Waals surface area (Å²) in [5.74, 6) is -3.74. The average Bonchev–Trinajstić information content (AvgIpc) is 3.20. The van der Waals surface area contributed by atoms with Crippen LogP contribution >= 0.6 is 0 Å². The number of aromatic nitrogens is 2. The molecular formula is C29H42F2N4O6. The van der Waals surface area contributed by atoms with E-state index in [2.05, 4.69) is 4.98 Å². The summed E-state index contributed by atoms with van der Waals surface area (Å²) in [6.07, 6.45) is 0.698. The summed E-state index contributed by atoms with van der Waals surface area (Å²) in [5.41, 5.74) is -1.72. The number of aliphatic carboxylic acids is 1. The van der Waals surface area contributed by atoms with E-state index in [9.17, 15) is 28.3 Å². The van der Waals surface area contributed by atoms with E-state index in [4.69, 9.17) is 9.47 Å². The van der Waals surface area contributed by atoms with Crippen LogP contribution in [0.25, 0.3) is 11.0 Å². The van der Waals surface area contributed by atoms with E-state index in [1.807, 2.05) is 13.8 Å². The van der Waals surface area contributed by atoms with Crippen LogP contribution in [0.4, 0.5) is 13.6 Å². The predicted octanol–water partition coefficient (Wildman–Crippen LogP) is 4.94. The number of aryl methyl sites for hydroxylation is 1. The first-order chi connectivity index (χ1) is 19.1. The van der Waals surface area contributed by atoms with E-state index in [1.54, 1.807) is 44.3 Å². The number of hydrogen-bond donors (Lipinski definition) is 1. The average molecular weight is 581 g/mol. The lowest BCUT2D eigenvalue weighted by molar-refractivity contribution is -0.152. The molecule has 2 heterocycles. The molecule has 3 rings (SSSR count). The maximum absolute atomic E-state index is 14.3. The third-order valence-electron chi connectivity index (χ3n) is 7.05. The zero-order valence-corrected chi connectivity index (χ0v) is 25.0. The molecule has 1 aromatic heterocycles. The van der Waals surface area contributed by atoms with Crippen molar-refractivity contribution in [2.24, 2.45) is 11.3 Å². The molecule has 0 spiro atoms. The Morgan fingerprint density at radius 1 is 1.20 bits per heavy atom. The highest BCUT2D eigenvalue weighted by atomic mass is 19.2. The third kappa shape index (κ3) is 7.72. The zero-order chi connectivity index (χ0) is 30.7. The summed E-state index contributed by atoms with van der Waals surface area (Å²) in [6.45, 7) is 11.6. The van der Waals surface area contributed by atoms with E-state index < -0.39 is 46.7 Å². The lowest BCUT2D eigenvalue weighted by Crippen LogP contribution is -2.60. The quantitative estimate of drug-likeness (QED) is 0.396. The first-order valence-corrected chi connectivity index (χ1v) is 13.9. The predicted molar refractivity (Wildman–Crippen MR) is 149 cm³/mol. The van der Waals surface area contributed by atoms with Gasteiger partial charge in [-0.05, 0) is 52.9 Å². The van der Waals surface area contributed by atoms with Crippen LogP contribution in [-0.2, 0) is 20.8 Å². The van der Waals surface area contributed by atoms with Crippen molar-refractivity contribution >= 4 is 29.0 Å². The van der Waals surface area contributed by atoms with E-state index in [1.165, 1.54) is 4.90 Å². The second-order valence-corrected chi connectivity index (χ2v) is 12.5. The SMILES string of the molecule is COCCCCn1c(C(=O)N(CC(C)C)[C@@H]2CN(C(=O)OC(C)(C)C)C[C@](C)(C(=O)O)C2)nc2cc(F)c(F)cc21. The van der Waals surface area contributed by atoms with Crippen molar-refractivity contribution in [3.8, 4) is 0 Å². The number of imidazole rings is 1. The molecule has 2 atom stereocenters. The summed E-state index contributed by atoms with van der Waals surface area (Å²) < 4.78 is 40.6. The van der Waals surface area contributed by atoms with Crippen LogP contribution in [0.5, 0.6) is 0 Å². The van der Waals surface area contributed by atoms with Crippen molar-refractivity contribution < 1.29 is 37.7 Å². The Balaban J connectivity index is 2.07. The normalized spacial score (nSPS) is 19.6. The Morgan fingerprint density at radius 2 is 1.85 bits per heavy atom. The van der Waals surface area contributed by atoms with Gasteiger partial charge in [-0.25, -0.2) is 18.6 Å². The monoisotopic (exact) mass is 580 g/mol. The number of carboxylic acid groups (broad SMARTS) is 1. The lowest BCUT2D eigenvalue weighted by atomic mass is 9.79. The van der Waals surface area contributed by atoms with Crippen molar-refractivity contribution in [1.82, 2.24) is 19.4 Å². The maximum atomic E-state index is 14.3. The fourth-order valence-electron chi connectivity index (χ4n) is 5.16. The molecule has 1 N–H and O–H groups in total. The topological polar surface area (TPSA) is 114 Å². The number of benzene rings is 1. The second-order valence-electron chi connectivity index (χ2n) is 12.5. The minimum Gasteiger partial charge on any atom is -0.481 e. The van der Waals surface area contributed by atoms with Crippen LogP contribution in [0.1, 0.15) is 71.4 Å². The van der Waals surface area contributed by atoms with Gasteiger partial charge in [-0.2, -0.15) is 0 Å². The van der Waals surface area contributed by atoms with Gasteiger partial charge in [0.1, 0.15) is 5.60 Å². The fraction of sp³-hybridized carbons (Fsp3) is 0.655. The number of rotatable bonds is 10. The number of carbonyl (C=O) groups excluding carboxylic acids is 2. The Hall–Kier alpha value is -3.28. The van der Waals surface area contributed by atoms with Gasteiger partial charge in [-0.1, -0.05) is 13.8 Å². The van der Waals surface area contributed by atoms with E-state index >= 15 is 0 Å². The Morgan fingerprint density at radius 3 is 2.44 bits per heavy atom. The molecule has 1 aliphatic rings. The molecule has 1 saturated heterocycles. The molecule has 228 valence electrons. The van der Waals surface area contributed by atoms with Crippen LogP contribution in [0, 0.1) is 23.0 Å². The summed E-state index contributed by atoms with van der Waals surface area (Å²) in [5, 5.41) is 10.1. The molecule has 0 bridgehead atoms. The van der Waals surface area contributed by atoms with E-state index in [0.717, 1.165) is 12.1 Å². The van der Waals surface area contributed by atoms with Crippen molar-refractivity contribution in [1.29, 1.82) is 0 Å². The molecule has 41 heavy (non-hydrogen) atoms. The number of likely N-dealkylation sites (tertiary alicyclic amines) is 1. The molecular weight excluding hydrogens is 538 g/mol. The van der Waals surface area contributed by atoms with Gasteiger partial charge in [-0.15, -0.1) is 0 Å². The minimum atomic E-state index is -1.35. The number of carboxylic acids is 1. The van der Waals surface area contributed by atoms with Gasteiger partial charge >= 0.3 is 12.1 Å². The fourth-order valence-corrected chi connectivity index (χ4v) is 5.16. The van der Waals surface area contributed by atoms with Crippen LogP contribution in [0.15, 0.2) is 12.1 Å². The number of ether oxygens (including phenoxy) is 2. The van der Waals surface area contributed by atoms with E-state index in [0.29, 0.717) is 26.0 Å². The zero-order valence-electron chi connectivity index (χ0n) is 25.0. The number of nitrogens with zero attached hydrogens (tertiary/aromatic N) is 4. The summed E-state index contributed by atoms with van der Waals surface area (Å²) in [6, 6.07) is 1.32. The highest BCUT2D eigenvalue weighted by Crippen LogP contribution is 2.34. The van der Waals surface area contributed by atoms with Gasteiger partial charge in [0.2, 0.25) is 0 Å². The Labute approximate surface area is 239 Å². The molecule has 0 radical (unpaired) electrons. The van der Waals surface area contributed by atoms with E-state index in [-0.39, 0.29) is 48.8 Å². The number of hydrogen-bond acceptors (Lipinski definition) is 6. The molecule has 1 aliphatic heterocycles. The molecule has 2 aromatic rings. The first-order valence-electron chi connectivity index (χ1n) is 13.9. The van der Waals surface area contributed by atoms with Crippen molar-refractivity contribution in [2.45, 2.75) is 79.0 Å². The maximum Gasteiger partial charge on any atom is 0.410 e. The summed E-state index contributed by atoms with van der Waals surface area (Å²) in [4.78, 5) is 47.0. The van der Waals surface area contributed by atoms with Crippen LogP contribution in [-0.4, -0.2) is 87.4 Å². The third-order valence-corrected chi connectivity index (χ3v) is 7.05. The van der Waals surface area contributed by atoms with Gasteiger partial charge in [0, 0.05) is 52.0 Å². The van der Waals surface area contributed by atoms with Crippen LogP contribution < -0.4 is 0 Å². The van der Waals surface area contributed by atoms with Gasteiger partial charge in [0.15, 0.2) is 17.5 Å². The molecule has 0 aliphatic carbocycles. The largest absolute Gasteiger partial charge is 0.481 e.